The summed E-state index contributed by atoms with van der Waals surface area (Å²) >= 11 is 0.0417. The van der Waals surface area contributed by atoms with Crippen LogP contribution in [0.3, 0.4) is 0 Å². The first kappa shape index (κ1) is 8.88. The van der Waals surface area contributed by atoms with Crippen molar-refractivity contribution in [2.24, 2.45) is 0 Å². The van der Waals surface area contributed by atoms with E-state index in [4.69, 9.17) is 0 Å². The van der Waals surface area contributed by atoms with Crippen LogP contribution in [0.5, 0.6) is 0 Å². The molecule has 0 aromatic heterocycles. The minimum Gasteiger partial charge on any atom is 0 e. The second-order valence-corrected chi connectivity index (χ2v) is 3.18. The van der Waals surface area contributed by atoms with Gasteiger partial charge in [0.05, 0.1) is 0 Å². The van der Waals surface area contributed by atoms with Crippen LogP contribution in [-0.2, 0) is 0 Å². The standard InChI is InChI=1S/C.S2Se/c;1-3-2. The van der Waals surface area contributed by atoms with Crippen LogP contribution in [-0.4, -0.2) is 11.7 Å². The summed E-state index contributed by atoms with van der Waals surface area (Å²) < 4.78 is 0. The Bertz CT molecular complexity index is 27.0. The van der Waals surface area contributed by atoms with Crippen molar-refractivity contribution in [1.82, 2.24) is 0 Å². The van der Waals surface area contributed by atoms with Gasteiger partial charge in [0.15, 0.2) is 0 Å². The Labute approximate surface area is 40.5 Å². The van der Waals surface area contributed by atoms with Crippen molar-refractivity contribution in [3.63, 3.8) is 0 Å². The molecule has 4 radical (unpaired) electrons. The number of hydrogen-bond donors (Lipinski definition) is 0. The van der Waals surface area contributed by atoms with E-state index in [0.29, 0.717) is 0 Å². The molecule has 0 amide bonds. The van der Waals surface area contributed by atoms with Crippen molar-refractivity contribution in [2.45, 2.75) is 0 Å². The van der Waals surface area contributed by atoms with E-state index < -0.39 is 0 Å². The van der Waals surface area contributed by atoms with Crippen LogP contribution in [0.1, 0.15) is 0 Å². The van der Waals surface area contributed by atoms with Crippen molar-refractivity contribution in [3.8, 4) is 0 Å². The van der Waals surface area contributed by atoms with Crippen molar-refractivity contribution in [2.75, 3.05) is 0 Å². The molecule has 0 saturated carbocycles. The molecule has 0 aliphatic heterocycles. The quantitative estimate of drug-likeness (QED) is 0.478. The Balaban J connectivity index is 0. The fourth-order valence-electron chi connectivity index (χ4n) is 0. The van der Waals surface area contributed by atoms with E-state index >= 15 is 0 Å². The summed E-state index contributed by atoms with van der Waals surface area (Å²) in [6, 6.07) is 0. The fourth-order valence-corrected chi connectivity index (χ4v) is 0. The molecular formula is CS2Se. The number of hydrogen-bond acceptors (Lipinski definition) is 2. The van der Waals surface area contributed by atoms with Gasteiger partial charge in [-0.25, -0.2) is 0 Å². The Morgan fingerprint density at radius 1 is 1.25 bits per heavy atom. The van der Waals surface area contributed by atoms with E-state index in [-0.39, 0.29) is 19.1 Å². The average Bonchev–Trinajstić information content (AvgIpc) is 0.918. The molecule has 0 atom stereocenters. The van der Waals surface area contributed by atoms with Crippen LogP contribution in [0, 0.1) is 7.43 Å². The molecule has 0 aromatic carbocycles. The van der Waals surface area contributed by atoms with Crippen LogP contribution >= 0.6 is 21.1 Å². The van der Waals surface area contributed by atoms with Gasteiger partial charge in [-0.15, -0.1) is 0 Å². The van der Waals surface area contributed by atoms with Gasteiger partial charge in [-0.2, -0.15) is 0 Å². The third-order valence-corrected chi connectivity index (χ3v) is 0. The SMILES string of the molecule is S=[Se]=S.[C]. The molecule has 0 rings (SSSR count). The minimum absolute atomic E-state index is 0. The van der Waals surface area contributed by atoms with E-state index in [1.165, 1.54) is 0 Å². The van der Waals surface area contributed by atoms with E-state index in [9.17, 15) is 0 Å². The molecule has 4 heavy (non-hydrogen) atoms. The van der Waals surface area contributed by atoms with Gasteiger partial charge in [-0.3, -0.25) is 0 Å². The summed E-state index contributed by atoms with van der Waals surface area (Å²) in [5, 5.41) is 0. The third-order valence-electron chi connectivity index (χ3n) is 0. The zero-order valence-electron chi connectivity index (χ0n) is 1.72. The maximum atomic E-state index is 4.27. The molecule has 0 heterocycles. The van der Waals surface area contributed by atoms with E-state index in [1.807, 2.05) is 0 Å². The van der Waals surface area contributed by atoms with Crippen molar-refractivity contribution in [1.29, 1.82) is 0 Å². The zero-order chi connectivity index (χ0) is 2.71. The average molecular weight is 155 g/mol. The van der Waals surface area contributed by atoms with Crippen LogP contribution in [0.25, 0.3) is 0 Å². The third kappa shape index (κ3) is 12.3. The Kier molecular flexibility index (Phi) is 20.0. The molecule has 3 heteroatoms. The zero-order valence-corrected chi connectivity index (χ0v) is 5.07. The molecule has 0 aliphatic rings. The molecule has 0 nitrogen and oxygen atoms in total. The second kappa shape index (κ2) is 9.03. The van der Waals surface area contributed by atoms with Gasteiger partial charge in [0.25, 0.3) is 0 Å². The van der Waals surface area contributed by atoms with Crippen LogP contribution < -0.4 is 0 Å². The molecule has 0 fully saturated rings. The van der Waals surface area contributed by atoms with Crippen LogP contribution in [0.15, 0.2) is 0 Å². The molecular weight excluding hydrogens is 155 g/mol. The van der Waals surface area contributed by atoms with Crippen molar-refractivity contribution in [3.05, 3.63) is 7.43 Å². The van der Waals surface area contributed by atoms with Gasteiger partial charge in [0, 0.05) is 7.43 Å². The smallest absolute Gasteiger partial charge is 0 e. The summed E-state index contributed by atoms with van der Waals surface area (Å²) in [6.45, 7) is 0. The summed E-state index contributed by atoms with van der Waals surface area (Å²) in [6.07, 6.45) is 0. The molecule has 0 saturated heterocycles. The van der Waals surface area contributed by atoms with Gasteiger partial charge >= 0.3 is 32.8 Å². The molecule has 0 unspecified atom stereocenters. The van der Waals surface area contributed by atoms with E-state index in [0.717, 1.165) is 0 Å². The molecule has 22 valence electrons. The Morgan fingerprint density at radius 2 is 1.25 bits per heavy atom. The first-order valence-electron chi connectivity index (χ1n) is 0.333. The summed E-state index contributed by atoms with van der Waals surface area (Å²) in [4.78, 5) is 0. The van der Waals surface area contributed by atoms with Crippen LogP contribution in [0.4, 0.5) is 0 Å². The number of rotatable bonds is 0. The van der Waals surface area contributed by atoms with E-state index in [1.54, 1.807) is 0 Å². The Morgan fingerprint density at radius 3 is 1.25 bits per heavy atom. The molecule has 0 bridgehead atoms. The van der Waals surface area contributed by atoms with Crippen LogP contribution in [0.2, 0.25) is 0 Å². The molecule has 0 spiro atoms. The van der Waals surface area contributed by atoms with Gasteiger partial charge in [0.2, 0.25) is 0 Å². The van der Waals surface area contributed by atoms with E-state index in [2.05, 4.69) is 21.1 Å². The van der Waals surface area contributed by atoms with Crippen molar-refractivity contribution < 1.29 is 0 Å². The predicted octanol–water partition coefficient (Wildman–Crippen LogP) is 0.997. The monoisotopic (exact) mass is 156 g/mol. The van der Waals surface area contributed by atoms with Gasteiger partial charge in [-0.05, 0) is 0 Å². The largest absolute Gasteiger partial charge is 0 e. The molecule has 0 aliphatic carbocycles. The maximum absolute atomic E-state index is 4.27. The minimum atomic E-state index is 0. The predicted molar refractivity (Wildman–Crippen MR) is 24.2 cm³/mol. The fraction of sp³-hybridized carbons (Fsp3) is 0. The topological polar surface area (TPSA) is 0 Å². The molecule has 0 aromatic rings. The van der Waals surface area contributed by atoms with Gasteiger partial charge in [0.1, 0.15) is 0 Å². The first-order chi connectivity index (χ1) is 1.41. The van der Waals surface area contributed by atoms with Gasteiger partial charge in [-0.1, -0.05) is 0 Å². The summed E-state index contributed by atoms with van der Waals surface area (Å²) in [7, 11) is 8.54. The summed E-state index contributed by atoms with van der Waals surface area (Å²) in [5.41, 5.74) is 0. The Hall–Kier alpha value is 0.959. The summed E-state index contributed by atoms with van der Waals surface area (Å²) in [5.74, 6) is 0. The second-order valence-electron chi connectivity index (χ2n) is 0.0680. The maximum Gasteiger partial charge on any atom is 0 e. The first-order valence-corrected chi connectivity index (χ1v) is 5.20. The van der Waals surface area contributed by atoms with Crippen molar-refractivity contribution >= 4 is 32.8 Å². The normalized spacial score (nSPS) is 3.00. The molecule has 0 N–H and O–H groups in total. The van der Waals surface area contributed by atoms with Gasteiger partial charge < -0.3 is 0 Å².